The molecule has 0 aliphatic carbocycles. The number of ether oxygens (including phenoxy) is 4. The van der Waals surface area contributed by atoms with Gasteiger partial charge >= 0.3 is 0 Å². The number of methoxy groups -OCH3 is 3. The van der Waals surface area contributed by atoms with Crippen LogP contribution in [0.4, 0.5) is 0 Å². The van der Waals surface area contributed by atoms with Crippen molar-refractivity contribution in [3.05, 3.63) is 17.7 Å². The highest BCUT2D eigenvalue weighted by molar-refractivity contribution is 5.79. The van der Waals surface area contributed by atoms with Crippen LogP contribution in [0.1, 0.15) is 12.5 Å². The number of aliphatic imine (C=N–C) groups is 1. The molecule has 1 atom stereocenters. The lowest BCUT2D eigenvalue weighted by molar-refractivity contribution is -0.0161. The summed E-state index contributed by atoms with van der Waals surface area (Å²) in [5.74, 6) is 2.58. The zero-order valence-corrected chi connectivity index (χ0v) is 17.0. The summed E-state index contributed by atoms with van der Waals surface area (Å²) < 4.78 is 22.0. The maximum Gasteiger partial charge on any atom is 0.203 e. The van der Waals surface area contributed by atoms with Crippen molar-refractivity contribution in [1.29, 1.82) is 0 Å². The Bertz CT molecular complexity index is 599. The minimum absolute atomic E-state index is 0.161. The van der Waals surface area contributed by atoms with Crippen molar-refractivity contribution in [3.63, 3.8) is 0 Å². The third-order valence-electron chi connectivity index (χ3n) is 4.33. The lowest BCUT2D eigenvalue weighted by Crippen LogP contribution is -2.48. The topological polar surface area (TPSA) is 76.6 Å². The van der Waals surface area contributed by atoms with Gasteiger partial charge in [-0.2, -0.15) is 0 Å². The van der Waals surface area contributed by atoms with Crippen LogP contribution < -0.4 is 24.8 Å². The summed E-state index contributed by atoms with van der Waals surface area (Å²) in [6.07, 6.45) is 0.161. The van der Waals surface area contributed by atoms with Crippen molar-refractivity contribution in [2.24, 2.45) is 4.99 Å². The number of nitrogens with one attached hydrogen (secondary N) is 2. The number of hydrogen-bond donors (Lipinski definition) is 2. The molecule has 0 bridgehead atoms. The van der Waals surface area contributed by atoms with Crippen LogP contribution in [0.25, 0.3) is 0 Å². The molecule has 1 saturated heterocycles. The second-order valence-corrected chi connectivity index (χ2v) is 6.36. The number of benzene rings is 1. The Balaban J connectivity index is 2.05. The molecule has 1 aromatic rings. The molecule has 1 aromatic carbocycles. The Morgan fingerprint density at radius 1 is 1.19 bits per heavy atom. The van der Waals surface area contributed by atoms with Gasteiger partial charge in [0.05, 0.1) is 40.6 Å². The van der Waals surface area contributed by atoms with Crippen LogP contribution in [0, 0.1) is 0 Å². The molecule has 0 radical (unpaired) electrons. The highest BCUT2D eigenvalue weighted by atomic mass is 16.5. The number of likely N-dealkylation sites (N-methyl/N-ethyl adjacent to an activating group) is 1. The van der Waals surface area contributed by atoms with Crippen molar-refractivity contribution >= 4 is 5.96 Å². The second-order valence-electron chi connectivity index (χ2n) is 6.36. The van der Waals surface area contributed by atoms with Gasteiger partial charge in [-0.05, 0) is 31.7 Å². The maximum absolute atomic E-state index is 5.79. The molecule has 152 valence electrons. The van der Waals surface area contributed by atoms with Crippen LogP contribution in [0.15, 0.2) is 17.1 Å². The van der Waals surface area contributed by atoms with Gasteiger partial charge in [0.25, 0.3) is 0 Å². The Hall–Kier alpha value is -2.19. The monoisotopic (exact) mass is 380 g/mol. The molecule has 1 heterocycles. The molecule has 1 fully saturated rings. The van der Waals surface area contributed by atoms with Crippen molar-refractivity contribution in [1.82, 2.24) is 15.5 Å². The second kappa shape index (κ2) is 10.8. The summed E-state index contributed by atoms with van der Waals surface area (Å²) in [7, 11) is 6.92. The highest BCUT2D eigenvalue weighted by Gasteiger charge is 2.18. The molecule has 1 unspecified atom stereocenters. The van der Waals surface area contributed by atoms with Crippen molar-refractivity contribution < 1.29 is 18.9 Å². The number of nitrogens with zero attached hydrogens (tertiary/aromatic N) is 2. The quantitative estimate of drug-likeness (QED) is 0.517. The third kappa shape index (κ3) is 6.18. The Kier molecular flexibility index (Phi) is 8.47. The average Bonchev–Trinajstić information content (AvgIpc) is 2.69. The molecular formula is C19H32N4O4. The van der Waals surface area contributed by atoms with Crippen LogP contribution in [0.3, 0.4) is 0 Å². The molecule has 27 heavy (non-hydrogen) atoms. The standard InChI is InChI=1S/C19H32N4O4/c1-6-20-19(22-12-15-13-23(2)7-8-27-15)21-11-14-9-16(24-3)18(26-5)17(10-14)25-4/h9-10,15H,6-8,11-13H2,1-5H3,(H2,20,21,22). The summed E-state index contributed by atoms with van der Waals surface area (Å²) in [4.78, 5) is 6.94. The first kappa shape index (κ1) is 21.1. The molecule has 2 rings (SSSR count). The van der Waals surface area contributed by atoms with Crippen molar-refractivity contribution in [3.8, 4) is 17.2 Å². The normalized spacial score (nSPS) is 18.1. The SMILES string of the molecule is CCNC(=NCc1cc(OC)c(OC)c(OC)c1)NCC1CN(C)CCO1. The van der Waals surface area contributed by atoms with E-state index in [-0.39, 0.29) is 6.10 Å². The van der Waals surface area contributed by atoms with E-state index in [9.17, 15) is 0 Å². The fourth-order valence-corrected chi connectivity index (χ4v) is 2.94. The fraction of sp³-hybridized carbons (Fsp3) is 0.632. The fourth-order valence-electron chi connectivity index (χ4n) is 2.94. The van der Waals surface area contributed by atoms with Gasteiger partial charge in [-0.1, -0.05) is 0 Å². The van der Waals surface area contributed by atoms with Gasteiger partial charge in [0.1, 0.15) is 0 Å². The van der Waals surface area contributed by atoms with Crippen LogP contribution in [0.2, 0.25) is 0 Å². The first-order chi connectivity index (χ1) is 13.1. The predicted molar refractivity (Wildman–Crippen MR) is 106 cm³/mol. The number of rotatable bonds is 8. The summed E-state index contributed by atoms with van der Waals surface area (Å²) in [6.45, 7) is 6.68. The van der Waals surface area contributed by atoms with E-state index in [1.165, 1.54) is 0 Å². The first-order valence-electron chi connectivity index (χ1n) is 9.22. The Morgan fingerprint density at radius 2 is 1.89 bits per heavy atom. The van der Waals surface area contributed by atoms with E-state index < -0.39 is 0 Å². The predicted octanol–water partition coefficient (Wildman–Crippen LogP) is 1.10. The first-order valence-corrected chi connectivity index (χ1v) is 9.22. The zero-order valence-electron chi connectivity index (χ0n) is 17.0. The van der Waals surface area contributed by atoms with Gasteiger partial charge in [0, 0.05) is 26.2 Å². The molecule has 8 nitrogen and oxygen atoms in total. The van der Waals surface area contributed by atoms with Crippen molar-refractivity contribution in [2.45, 2.75) is 19.6 Å². The molecular weight excluding hydrogens is 348 g/mol. The molecule has 0 saturated carbocycles. The summed E-state index contributed by atoms with van der Waals surface area (Å²) in [6, 6.07) is 3.82. The largest absolute Gasteiger partial charge is 0.493 e. The highest BCUT2D eigenvalue weighted by Crippen LogP contribution is 2.38. The molecule has 8 heteroatoms. The van der Waals surface area contributed by atoms with Gasteiger partial charge in [-0.15, -0.1) is 0 Å². The van der Waals surface area contributed by atoms with Gasteiger partial charge < -0.3 is 34.5 Å². The molecule has 0 amide bonds. The Labute approximate surface area is 161 Å². The van der Waals surface area contributed by atoms with E-state index in [1.807, 2.05) is 19.1 Å². The lowest BCUT2D eigenvalue weighted by atomic mass is 10.2. The Morgan fingerprint density at radius 3 is 2.44 bits per heavy atom. The minimum Gasteiger partial charge on any atom is -0.493 e. The van der Waals surface area contributed by atoms with E-state index in [4.69, 9.17) is 18.9 Å². The van der Waals surface area contributed by atoms with Gasteiger partial charge in [0.2, 0.25) is 5.75 Å². The van der Waals surface area contributed by atoms with Gasteiger partial charge in [-0.25, -0.2) is 4.99 Å². The maximum atomic E-state index is 5.79. The number of guanidine groups is 1. The van der Waals surface area contributed by atoms with Crippen LogP contribution in [-0.4, -0.2) is 78.1 Å². The van der Waals surface area contributed by atoms with Crippen molar-refractivity contribution in [2.75, 3.05) is 61.2 Å². The van der Waals surface area contributed by atoms with E-state index in [0.717, 1.165) is 37.8 Å². The van der Waals surface area contributed by atoms with E-state index in [2.05, 4.69) is 27.6 Å². The lowest BCUT2D eigenvalue weighted by Gasteiger charge is -2.30. The number of hydrogen-bond acceptors (Lipinski definition) is 6. The smallest absolute Gasteiger partial charge is 0.203 e. The van der Waals surface area contributed by atoms with E-state index in [0.29, 0.717) is 30.3 Å². The van der Waals surface area contributed by atoms with E-state index >= 15 is 0 Å². The minimum atomic E-state index is 0.161. The third-order valence-corrected chi connectivity index (χ3v) is 4.33. The summed E-state index contributed by atoms with van der Waals surface area (Å²) >= 11 is 0. The average molecular weight is 380 g/mol. The van der Waals surface area contributed by atoms with Crippen LogP contribution in [-0.2, 0) is 11.3 Å². The molecule has 0 aromatic heterocycles. The molecule has 1 aliphatic heterocycles. The molecule has 2 N–H and O–H groups in total. The van der Waals surface area contributed by atoms with Gasteiger partial charge in [0.15, 0.2) is 17.5 Å². The molecule has 0 spiro atoms. The summed E-state index contributed by atoms with van der Waals surface area (Å²) in [5.41, 5.74) is 0.968. The van der Waals surface area contributed by atoms with E-state index in [1.54, 1.807) is 21.3 Å². The van der Waals surface area contributed by atoms with Crippen LogP contribution in [0.5, 0.6) is 17.2 Å². The van der Waals surface area contributed by atoms with Crippen LogP contribution >= 0.6 is 0 Å². The zero-order chi connectivity index (χ0) is 19.6. The number of morpholine rings is 1. The summed E-state index contributed by atoms with van der Waals surface area (Å²) in [5, 5.41) is 6.63. The van der Waals surface area contributed by atoms with Gasteiger partial charge in [-0.3, -0.25) is 0 Å². The molecule has 1 aliphatic rings.